The summed E-state index contributed by atoms with van der Waals surface area (Å²) in [4.78, 5) is 74.7. The number of aromatic nitrogens is 1. The summed E-state index contributed by atoms with van der Waals surface area (Å²) in [6.07, 6.45) is 6.28. The molecule has 0 amide bonds. The van der Waals surface area contributed by atoms with Crippen LogP contribution in [0.4, 0.5) is 0 Å². The average molecular weight is 984 g/mol. The third kappa shape index (κ3) is 13.0. The molecule has 0 aliphatic heterocycles. The first-order valence-electron chi connectivity index (χ1n) is 23.1. The van der Waals surface area contributed by atoms with E-state index in [4.69, 9.17) is 28.4 Å². The number of hydrogen-bond donors (Lipinski definition) is 2. The molecule has 1 atom stereocenters. The van der Waals surface area contributed by atoms with Crippen molar-refractivity contribution in [2.24, 2.45) is 0 Å². The van der Waals surface area contributed by atoms with Gasteiger partial charge in [0.1, 0.15) is 23.0 Å². The van der Waals surface area contributed by atoms with Gasteiger partial charge in [-0.15, -0.1) is 0 Å². The van der Waals surface area contributed by atoms with Crippen molar-refractivity contribution in [2.45, 2.75) is 40.0 Å². The number of ether oxygens (including phenoxy) is 6. The number of carbonyl (C=O) groups is 6. The number of esters is 6. The molecule has 7 rings (SSSR count). The third-order valence-electron chi connectivity index (χ3n) is 11.2. The quantitative estimate of drug-likeness (QED) is 0.0467. The van der Waals surface area contributed by atoms with E-state index in [-0.39, 0.29) is 76.1 Å². The van der Waals surface area contributed by atoms with Crippen molar-refractivity contribution in [2.75, 3.05) is 13.2 Å². The first-order chi connectivity index (χ1) is 35.2. The van der Waals surface area contributed by atoms with E-state index < -0.39 is 35.8 Å². The van der Waals surface area contributed by atoms with Crippen molar-refractivity contribution >= 4 is 48.0 Å². The summed E-state index contributed by atoms with van der Waals surface area (Å²) in [6.45, 7) is 7.60. The molecule has 73 heavy (non-hydrogen) atoms. The van der Waals surface area contributed by atoms with Crippen molar-refractivity contribution in [3.8, 4) is 40.4 Å². The lowest BCUT2D eigenvalue weighted by Crippen LogP contribution is -2.10. The second-order valence-corrected chi connectivity index (χ2v) is 16.1. The van der Waals surface area contributed by atoms with Crippen LogP contribution < -0.4 is 18.9 Å². The van der Waals surface area contributed by atoms with E-state index >= 15 is 0 Å². The van der Waals surface area contributed by atoms with Crippen molar-refractivity contribution in [3.63, 3.8) is 0 Å². The molecule has 0 saturated carbocycles. The van der Waals surface area contributed by atoms with Crippen LogP contribution in [-0.4, -0.2) is 63.8 Å². The number of aromatic hydroxyl groups is 2. The second-order valence-electron chi connectivity index (χ2n) is 16.1. The maximum Gasteiger partial charge on any atom is 0.343 e. The summed E-state index contributed by atoms with van der Waals surface area (Å²) in [5.41, 5.74) is 4.49. The fraction of sp³-hybridized carbons (Fsp3) is 0.138. The highest BCUT2D eigenvalue weighted by atomic mass is 16.6. The SMILES string of the molecule is CCOC(=O)C=Cc1ccc(C(=O)Oc2ccc(C(=O)Oc3ccc(C(CC)c4c(C)c(O)n(-c5ccc(OC(=O)c6ccc(OC(=O)c7ccc(C=CC(=O)OCC)cc7)cc6)cc5)c4O)cc3)cc2)cc1. The molecule has 0 radical (unpaired) electrons. The minimum absolute atomic E-state index is 0.182. The van der Waals surface area contributed by atoms with E-state index in [9.17, 15) is 39.0 Å². The summed E-state index contributed by atoms with van der Waals surface area (Å²) >= 11 is 0. The first-order valence-corrected chi connectivity index (χ1v) is 23.1. The van der Waals surface area contributed by atoms with E-state index in [0.717, 1.165) is 5.56 Å². The fourth-order valence-corrected chi connectivity index (χ4v) is 7.53. The largest absolute Gasteiger partial charge is 0.494 e. The highest BCUT2D eigenvalue weighted by Gasteiger charge is 2.27. The van der Waals surface area contributed by atoms with Gasteiger partial charge in [-0.2, -0.15) is 0 Å². The maximum absolute atomic E-state index is 13.1. The van der Waals surface area contributed by atoms with Crippen LogP contribution in [0, 0.1) is 6.92 Å². The Kier molecular flexibility index (Phi) is 16.8. The van der Waals surface area contributed by atoms with Crippen LogP contribution >= 0.6 is 0 Å². The Morgan fingerprint density at radius 2 is 0.795 bits per heavy atom. The Morgan fingerprint density at radius 1 is 0.466 bits per heavy atom. The molecular formula is C58H49NO14. The number of rotatable bonds is 18. The van der Waals surface area contributed by atoms with E-state index in [0.29, 0.717) is 34.4 Å². The van der Waals surface area contributed by atoms with Crippen molar-refractivity contribution < 1.29 is 67.4 Å². The molecule has 370 valence electrons. The number of benzene rings is 6. The lowest BCUT2D eigenvalue weighted by atomic mass is 9.88. The van der Waals surface area contributed by atoms with Crippen LogP contribution in [0.5, 0.6) is 34.8 Å². The molecule has 0 saturated heterocycles. The van der Waals surface area contributed by atoms with E-state index in [1.54, 1.807) is 118 Å². The normalized spacial score (nSPS) is 11.5. The van der Waals surface area contributed by atoms with Crippen LogP contribution in [0.25, 0.3) is 17.8 Å². The number of carbonyl (C=O) groups excluding carboxylic acids is 6. The lowest BCUT2D eigenvalue weighted by molar-refractivity contribution is -0.138. The molecule has 0 aliphatic rings. The van der Waals surface area contributed by atoms with E-state index in [2.05, 4.69) is 0 Å². The molecule has 6 aromatic carbocycles. The van der Waals surface area contributed by atoms with Crippen molar-refractivity contribution in [3.05, 3.63) is 208 Å². The molecule has 1 aromatic heterocycles. The lowest BCUT2D eigenvalue weighted by Gasteiger charge is -2.17. The molecule has 0 fully saturated rings. The molecule has 0 bridgehead atoms. The smallest absolute Gasteiger partial charge is 0.343 e. The van der Waals surface area contributed by atoms with Gasteiger partial charge in [0.05, 0.1) is 41.2 Å². The molecule has 1 heterocycles. The van der Waals surface area contributed by atoms with Gasteiger partial charge in [0.25, 0.3) is 0 Å². The Bertz CT molecular complexity index is 3170. The predicted octanol–water partition coefficient (Wildman–Crippen LogP) is 10.8. The topological polar surface area (TPSA) is 203 Å². The van der Waals surface area contributed by atoms with E-state index in [1.807, 2.05) is 6.92 Å². The molecule has 15 heteroatoms. The Balaban J connectivity index is 0.925. The monoisotopic (exact) mass is 983 g/mol. The Labute approximate surface area is 420 Å². The van der Waals surface area contributed by atoms with Gasteiger partial charge in [0.15, 0.2) is 0 Å². The summed E-state index contributed by atoms with van der Waals surface area (Å²) in [5.74, 6) is -3.33. The molecule has 2 N–H and O–H groups in total. The zero-order valence-electron chi connectivity index (χ0n) is 40.1. The van der Waals surface area contributed by atoms with Crippen LogP contribution in [0.15, 0.2) is 158 Å². The maximum atomic E-state index is 13.1. The van der Waals surface area contributed by atoms with Gasteiger partial charge >= 0.3 is 35.8 Å². The molecule has 15 nitrogen and oxygen atoms in total. The Hall–Kier alpha value is -9.50. The summed E-state index contributed by atoms with van der Waals surface area (Å²) in [7, 11) is 0. The third-order valence-corrected chi connectivity index (χ3v) is 11.2. The highest BCUT2D eigenvalue weighted by Crippen LogP contribution is 2.44. The summed E-state index contributed by atoms with van der Waals surface area (Å²) in [5, 5.41) is 22.9. The fourth-order valence-electron chi connectivity index (χ4n) is 7.53. The van der Waals surface area contributed by atoms with Gasteiger partial charge < -0.3 is 38.6 Å². The Morgan fingerprint density at radius 3 is 1.14 bits per heavy atom. The minimum atomic E-state index is -0.674. The summed E-state index contributed by atoms with van der Waals surface area (Å²) < 4.78 is 33.2. The molecule has 0 aliphatic carbocycles. The zero-order chi connectivity index (χ0) is 52.0. The van der Waals surface area contributed by atoms with E-state index in [1.165, 1.54) is 77.4 Å². The highest BCUT2D eigenvalue weighted by molar-refractivity contribution is 5.94. The zero-order valence-corrected chi connectivity index (χ0v) is 40.1. The van der Waals surface area contributed by atoms with Gasteiger partial charge in [0, 0.05) is 29.2 Å². The molecule has 7 aromatic rings. The summed E-state index contributed by atoms with van der Waals surface area (Å²) in [6, 6.07) is 37.7. The van der Waals surface area contributed by atoms with Crippen LogP contribution in [0.1, 0.15) is 102 Å². The van der Waals surface area contributed by atoms with Crippen molar-refractivity contribution in [1.29, 1.82) is 0 Å². The predicted molar refractivity (Wildman–Crippen MR) is 269 cm³/mol. The first kappa shape index (κ1) is 51.4. The van der Waals surface area contributed by atoms with Crippen LogP contribution in [0.2, 0.25) is 0 Å². The number of hydrogen-bond acceptors (Lipinski definition) is 14. The molecular weight excluding hydrogens is 935 g/mol. The van der Waals surface area contributed by atoms with Gasteiger partial charge in [-0.1, -0.05) is 43.3 Å². The molecule has 1 unspecified atom stereocenters. The van der Waals surface area contributed by atoms with Gasteiger partial charge in [-0.05, 0) is 165 Å². The van der Waals surface area contributed by atoms with Crippen molar-refractivity contribution in [1.82, 2.24) is 4.57 Å². The van der Waals surface area contributed by atoms with Gasteiger partial charge in [-0.25, -0.2) is 28.8 Å². The molecule has 0 spiro atoms. The van der Waals surface area contributed by atoms with Crippen LogP contribution in [0.3, 0.4) is 0 Å². The van der Waals surface area contributed by atoms with Crippen LogP contribution in [-0.2, 0) is 19.1 Å². The minimum Gasteiger partial charge on any atom is -0.494 e. The van der Waals surface area contributed by atoms with Gasteiger partial charge in [0.2, 0.25) is 11.8 Å². The van der Waals surface area contributed by atoms with Gasteiger partial charge in [-0.3, -0.25) is 4.57 Å². The average Bonchev–Trinajstić information content (AvgIpc) is 3.62. The number of nitrogens with zero attached hydrogens (tertiary/aromatic N) is 1. The standard InChI is InChI=1S/C58H49NO14/c1-5-49(39-18-26-45(27-19-39)70-57(66)42-20-28-46(29-21-42)71-55(64)40-14-8-37(9-15-40)12-34-50(60)68-6-2)52-36(4)53(62)59(54(52)63)44-24-32-48(33-25-44)73-58(67)43-22-30-47(31-23-43)72-56(65)41-16-10-38(11-17-41)13-35-51(61)69-7-3/h8-35,49,62-63H,5-7H2,1-4H3. The second kappa shape index (κ2) is 23.9.